The number of benzene rings is 2. The minimum absolute atomic E-state index is 0.0347. The number of carbonyl (C=O) groups excluding carboxylic acids is 1. The van der Waals surface area contributed by atoms with Crippen molar-refractivity contribution in [2.24, 2.45) is 5.92 Å². The molecule has 0 bridgehead atoms. The van der Waals surface area contributed by atoms with Crippen LogP contribution in [0.2, 0.25) is 0 Å². The van der Waals surface area contributed by atoms with Crippen molar-refractivity contribution in [1.29, 1.82) is 0 Å². The van der Waals surface area contributed by atoms with Crippen molar-refractivity contribution in [2.75, 3.05) is 7.11 Å². The number of nitrogens with one attached hydrogen (secondary N) is 2. The maximum Gasteiger partial charge on any atom is 0.174 e. The zero-order valence-electron chi connectivity index (χ0n) is 13.7. The molecule has 1 aliphatic heterocycles. The van der Waals surface area contributed by atoms with Gasteiger partial charge in [0.05, 0.1) is 19.1 Å². The van der Waals surface area contributed by atoms with E-state index in [9.17, 15) is 9.90 Å². The van der Waals surface area contributed by atoms with E-state index in [1.807, 2.05) is 18.2 Å². The van der Waals surface area contributed by atoms with Crippen LogP contribution < -0.4 is 15.4 Å². The third-order valence-corrected chi connectivity index (χ3v) is 4.39. The van der Waals surface area contributed by atoms with Gasteiger partial charge in [-0.15, -0.1) is 0 Å². The number of carbonyl (C=O) groups is 1. The van der Waals surface area contributed by atoms with E-state index < -0.39 is 12.0 Å². The van der Waals surface area contributed by atoms with Crippen LogP contribution in [0.3, 0.4) is 0 Å². The van der Waals surface area contributed by atoms with Gasteiger partial charge >= 0.3 is 0 Å². The molecule has 3 rings (SSSR count). The molecule has 3 N–H and O–H groups in total. The number of ether oxygens (including phenoxy) is 1. The standard InChI is InChI=1S/C19H18N2O3S/c1-11-16(18(23)12-6-4-3-5-7-12)17(21-19(25)20-11)13-8-9-14(22)15(10-13)24-2/h3-10,16-17,22H,1H2,2H3,(H2,20,21,25)/t16-,17-/m0/s1. The smallest absolute Gasteiger partial charge is 0.174 e. The summed E-state index contributed by atoms with van der Waals surface area (Å²) in [5.74, 6) is -0.249. The van der Waals surface area contributed by atoms with Crippen molar-refractivity contribution in [3.63, 3.8) is 0 Å². The fourth-order valence-corrected chi connectivity index (χ4v) is 3.20. The number of thiocarbonyl (C=S) groups is 1. The van der Waals surface area contributed by atoms with Gasteiger partial charge in [0.1, 0.15) is 0 Å². The number of phenolic OH excluding ortho intramolecular Hbond substituents is 1. The summed E-state index contributed by atoms with van der Waals surface area (Å²) in [6.07, 6.45) is 0. The Labute approximate surface area is 151 Å². The van der Waals surface area contributed by atoms with Gasteiger partial charge in [0.15, 0.2) is 22.4 Å². The third-order valence-electron chi connectivity index (χ3n) is 4.17. The minimum Gasteiger partial charge on any atom is -0.504 e. The summed E-state index contributed by atoms with van der Waals surface area (Å²) in [7, 11) is 1.48. The van der Waals surface area contributed by atoms with Crippen molar-refractivity contribution >= 4 is 23.1 Å². The van der Waals surface area contributed by atoms with Crippen molar-refractivity contribution in [3.8, 4) is 11.5 Å². The van der Waals surface area contributed by atoms with E-state index in [2.05, 4.69) is 17.2 Å². The molecule has 0 aliphatic carbocycles. The molecule has 1 heterocycles. The Bertz CT molecular complexity index is 836. The van der Waals surface area contributed by atoms with Gasteiger partial charge < -0.3 is 20.5 Å². The molecule has 1 aliphatic rings. The molecule has 0 amide bonds. The number of hydrogen-bond acceptors (Lipinski definition) is 4. The van der Waals surface area contributed by atoms with Crippen molar-refractivity contribution < 1.29 is 14.6 Å². The molecule has 25 heavy (non-hydrogen) atoms. The van der Waals surface area contributed by atoms with Gasteiger partial charge in [-0.3, -0.25) is 4.79 Å². The molecule has 0 unspecified atom stereocenters. The Morgan fingerprint density at radius 2 is 1.96 bits per heavy atom. The summed E-state index contributed by atoms with van der Waals surface area (Å²) in [5, 5.41) is 16.3. The molecule has 1 saturated heterocycles. The van der Waals surface area contributed by atoms with E-state index in [4.69, 9.17) is 17.0 Å². The first kappa shape index (κ1) is 17.0. The van der Waals surface area contributed by atoms with Gasteiger partial charge in [-0.05, 0) is 29.9 Å². The summed E-state index contributed by atoms with van der Waals surface area (Å²) in [4.78, 5) is 13.1. The Kier molecular flexibility index (Phi) is 4.72. The van der Waals surface area contributed by atoms with Crippen LogP contribution in [0, 0.1) is 5.92 Å². The van der Waals surface area contributed by atoms with Gasteiger partial charge in [-0.25, -0.2) is 0 Å². The Morgan fingerprint density at radius 1 is 1.24 bits per heavy atom. The van der Waals surface area contributed by atoms with Gasteiger partial charge in [0.25, 0.3) is 0 Å². The van der Waals surface area contributed by atoms with E-state index >= 15 is 0 Å². The Morgan fingerprint density at radius 3 is 2.64 bits per heavy atom. The number of Topliss-reactive ketones (excluding diaryl/α,β-unsaturated/α-hetero) is 1. The molecule has 0 radical (unpaired) electrons. The van der Waals surface area contributed by atoms with Crippen LogP contribution in [-0.4, -0.2) is 23.1 Å². The van der Waals surface area contributed by atoms with E-state index in [1.165, 1.54) is 13.2 Å². The van der Waals surface area contributed by atoms with Crippen LogP contribution in [-0.2, 0) is 0 Å². The van der Waals surface area contributed by atoms with Crippen molar-refractivity contribution in [1.82, 2.24) is 10.6 Å². The number of rotatable bonds is 4. The highest BCUT2D eigenvalue weighted by Crippen LogP contribution is 2.36. The molecule has 0 aromatic heterocycles. The largest absolute Gasteiger partial charge is 0.504 e. The zero-order valence-corrected chi connectivity index (χ0v) is 14.5. The second kappa shape index (κ2) is 6.94. The van der Waals surface area contributed by atoms with Crippen molar-refractivity contribution in [3.05, 3.63) is 71.9 Å². The molecule has 0 saturated carbocycles. The lowest BCUT2D eigenvalue weighted by Crippen LogP contribution is -2.50. The normalized spacial score (nSPS) is 19.7. The summed E-state index contributed by atoms with van der Waals surface area (Å²) in [6.45, 7) is 3.99. The molecule has 5 nitrogen and oxygen atoms in total. The van der Waals surface area contributed by atoms with Crippen LogP contribution in [0.25, 0.3) is 0 Å². The highest BCUT2D eigenvalue weighted by Gasteiger charge is 2.37. The first-order chi connectivity index (χ1) is 12.0. The summed E-state index contributed by atoms with van der Waals surface area (Å²) in [6, 6.07) is 13.6. The van der Waals surface area contributed by atoms with E-state index in [0.29, 0.717) is 22.1 Å². The maximum atomic E-state index is 13.1. The predicted molar refractivity (Wildman–Crippen MR) is 99.7 cm³/mol. The van der Waals surface area contributed by atoms with E-state index in [-0.39, 0.29) is 11.5 Å². The summed E-state index contributed by atoms with van der Waals surface area (Å²) in [5.41, 5.74) is 1.91. The van der Waals surface area contributed by atoms with Gasteiger partial charge in [-0.2, -0.15) is 0 Å². The van der Waals surface area contributed by atoms with Gasteiger partial charge in [0.2, 0.25) is 0 Å². The minimum atomic E-state index is -0.552. The molecule has 2 atom stereocenters. The zero-order chi connectivity index (χ0) is 18.0. The molecule has 2 aromatic rings. The molecular formula is C19H18N2O3S. The molecule has 0 spiro atoms. The van der Waals surface area contributed by atoms with Crippen LogP contribution >= 0.6 is 12.2 Å². The quantitative estimate of drug-likeness (QED) is 0.579. The number of phenols is 1. The number of hydrogen-bond donors (Lipinski definition) is 3. The highest BCUT2D eigenvalue weighted by molar-refractivity contribution is 7.80. The fourth-order valence-electron chi connectivity index (χ4n) is 2.94. The summed E-state index contributed by atoms with van der Waals surface area (Å²) >= 11 is 5.23. The average molecular weight is 354 g/mol. The lowest BCUT2D eigenvalue weighted by Gasteiger charge is -2.35. The first-order valence-electron chi connectivity index (χ1n) is 7.73. The monoisotopic (exact) mass is 354 g/mol. The fraction of sp³-hybridized carbons (Fsp3) is 0.158. The first-order valence-corrected chi connectivity index (χ1v) is 8.14. The van der Waals surface area contributed by atoms with Gasteiger partial charge in [-0.1, -0.05) is 43.0 Å². The number of aromatic hydroxyl groups is 1. The van der Waals surface area contributed by atoms with Gasteiger partial charge in [0, 0.05) is 11.3 Å². The highest BCUT2D eigenvalue weighted by atomic mass is 32.1. The second-order valence-corrected chi connectivity index (χ2v) is 6.15. The molecule has 2 aromatic carbocycles. The van der Waals surface area contributed by atoms with Crippen molar-refractivity contribution in [2.45, 2.75) is 6.04 Å². The molecular weight excluding hydrogens is 336 g/mol. The molecule has 6 heteroatoms. The Balaban J connectivity index is 2.03. The number of methoxy groups -OCH3 is 1. The Hall–Kier alpha value is -2.86. The van der Waals surface area contributed by atoms with E-state index in [0.717, 1.165) is 5.56 Å². The van der Waals surface area contributed by atoms with E-state index in [1.54, 1.807) is 24.3 Å². The van der Waals surface area contributed by atoms with Crippen LogP contribution in [0.15, 0.2) is 60.8 Å². The van der Waals surface area contributed by atoms with Crippen LogP contribution in [0.1, 0.15) is 22.0 Å². The number of ketones is 1. The maximum absolute atomic E-state index is 13.1. The lowest BCUT2D eigenvalue weighted by atomic mass is 9.83. The van der Waals surface area contributed by atoms with Crippen LogP contribution in [0.4, 0.5) is 0 Å². The third kappa shape index (κ3) is 3.34. The second-order valence-electron chi connectivity index (χ2n) is 5.74. The molecule has 1 fully saturated rings. The molecule has 128 valence electrons. The van der Waals surface area contributed by atoms with Crippen LogP contribution in [0.5, 0.6) is 11.5 Å². The summed E-state index contributed by atoms with van der Waals surface area (Å²) < 4.78 is 5.18. The topological polar surface area (TPSA) is 70.6 Å². The average Bonchev–Trinajstić information content (AvgIpc) is 2.62. The SMILES string of the molecule is C=C1NC(=S)N[C@@H](c2ccc(O)c(OC)c2)[C@H]1C(=O)c1ccccc1. The lowest BCUT2D eigenvalue weighted by molar-refractivity contribution is 0.0912. The predicted octanol–water partition coefficient (Wildman–Crippen LogP) is 2.93.